The molecule has 1 fully saturated rings. The Labute approximate surface area is 124 Å². The summed E-state index contributed by atoms with van der Waals surface area (Å²) in [6.07, 6.45) is 1.83. The largest absolute Gasteiger partial charge is 0.465 e. The van der Waals surface area contributed by atoms with Gasteiger partial charge in [0.15, 0.2) is 0 Å². The topological polar surface area (TPSA) is 89.7 Å². The standard InChI is InChI=1S/C14H20N2O4S/c1-10-4-3-7-16(9-10)21(18,19)13-6-5-11(15)8-12(13)14(17)20-2/h5-6,8,10H,3-4,7,9,15H2,1-2H3. The van der Waals surface area contributed by atoms with E-state index in [1.165, 1.54) is 29.6 Å². The molecule has 6 nitrogen and oxygen atoms in total. The number of esters is 1. The van der Waals surface area contributed by atoms with Crippen LogP contribution in [0.3, 0.4) is 0 Å². The fraction of sp³-hybridized carbons (Fsp3) is 0.500. The fourth-order valence-corrected chi connectivity index (χ4v) is 4.30. The van der Waals surface area contributed by atoms with Crippen molar-refractivity contribution in [2.45, 2.75) is 24.7 Å². The Bertz CT molecular complexity index is 642. The lowest BCUT2D eigenvalue weighted by Gasteiger charge is -2.30. The van der Waals surface area contributed by atoms with E-state index < -0.39 is 16.0 Å². The second kappa shape index (κ2) is 6.03. The van der Waals surface area contributed by atoms with Crippen LogP contribution < -0.4 is 5.73 Å². The smallest absolute Gasteiger partial charge is 0.339 e. The molecule has 7 heteroatoms. The average Bonchev–Trinajstić information content (AvgIpc) is 2.46. The monoisotopic (exact) mass is 312 g/mol. The van der Waals surface area contributed by atoms with E-state index in [0.29, 0.717) is 24.7 Å². The Morgan fingerprint density at radius 2 is 2.14 bits per heavy atom. The van der Waals surface area contributed by atoms with Crippen molar-refractivity contribution in [3.05, 3.63) is 23.8 Å². The maximum Gasteiger partial charge on any atom is 0.339 e. The molecule has 1 saturated heterocycles. The first kappa shape index (κ1) is 15.8. The molecule has 1 unspecified atom stereocenters. The molecule has 1 aliphatic rings. The zero-order chi connectivity index (χ0) is 15.6. The molecule has 0 saturated carbocycles. The number of ether oxygens (including phenoxy) is 1. The number of nitrogens with two attached hydrogens (primary N) is 1. The second-order valence-corrected chi connectivity index (χ2v) is 7.26. The van der Waals surface area contributed by atoms with E-state index in [1.54, 1.807) is 0 Å². The van der Waals surface area contributed by atoms with Crippen molar-refractivity contribution in [3.8, 4) is 0 Å². The number of sulfonamides is 1. The molecule has 0 aromatic heterocycles. The van der Waals surface area contributed by atoms with E-state index in [4.69, 9.17) is 5.73 Å². The molecule has 1 aromatic carbocycles. The molecule has 1 heterocycles. The summed E-state index contributed by atoms with van der Waals surface area (Å²) in [4.78, 5) is 11.8. The van der Waals surface area contributed by atoms with Crippen LogP contribution in [0, 0.1) is 5.92 Å². The lowest BCUT2D eigenvalue weighted by Crippen LogP contribution is -2.39. The van der Waals surface area contributed by atoms with Gasteiger partial charge in [-0.2, -0.15) is 4.31 Å². The number of hydrogen-bond donors (Lipinski definition) is 1. The molecule has 0 spiro atoms. The lowest BCUT2D eigenvalue weighted by molar-refractivity contribution is 0.0596. The maximum atomic E-state index is 12.8. The molecular weight excluding hydrogens is 292 g/mol. The van der Waals surface area contributed by atoms with Crippen molar-refractivity contribution in [1.29, 1.82) is 0 Å². The third-order valence-corrected chi connectivity index (χ3v) is 5.57. The van der Waals surface area contributed by atoms with Crippen molar-refractivity contribution in [2.24, 2.45) is 5.92 Å². The van der Waals surface area contributed by atoms with Crippen molar-refractivity contribution < 1.29 is 17.9 Å². The summed E-state index contributed by atoms with van der Waals surface area (Å²) in [6, 6.07) is 4.19. The van der Waals surface area contributed by atoms with Gasteiger partial charge < -0.3 is 10.5 Å². The van der Waals surface area contributed by atoms with Crippen LogP contribution >= 0.6 is 0 Å². The minimum absolute atomic E-state index is 0.0178. The van der Waals surface area contributed by atoms with Gasteiger partial charge >= 0.3 is 5.97 Å². The first-order chi connectivity index (χ1) is 9.86. The highest BCUT2D eigenvalue weighted by Gasteiger charge is 2.32. The van der Waals surface area contributed by atoms with Crippen molar-refractivity contribution >= 4 is 21.7 Å². The molecule has 116 valence electrons. The van der Waals surface area contributed by atoms with Crippen LogP contribution in [-0.2, 0) is 14.8 Å². The Balaban J connectivity index is 2.47. The van der Waals surface area contributed by atoms with E-state index in [9.17, 15) is 13.2 Å². The first-order valence-electron chi connectivity index (χ1n) is 6.84. The zero-order valence-electron chi connectivity index (χ0n) is 12.2. The van der Waals surface area contributed by atoms with Crippen LogP contribution in [0.4, 0.5) is 5.69 Å². The third kappa shape index (κ3) is 3.19. The fourth-order valence-electron chi connectivity index (χ4n) is 2.55. The SMILES string of the molecule is COC(=O)c1cc(N)ccc1S(=O)(=O)N1CCCC(C)C1. The van der Waals surface area contributed by atoms with Crippen LogP contribution in [0.5, 0.6) is 0 Å². The highest BCUT2D eigenvalue weighted by atomic mass is 32.2. The quantitative estimate of drug-likeness (QED) is 0.674. The van der Waals surface area contributed by atoms with Gasteiger partial charge in [-0.05, 0) is 37.0 Å². The molecule has 1 aromatic rings. The summed E-state index contributed by atoms with van der Waals surface area (Å²) in [5.41, 5.74) is 5.95. The number of hydrogen-bond acceptors (Lipinski definition) is 5. The summed E-state index contributed by atoms with van der Waals surface area (Å²) in [5.74, 6) is -0.394. The number of carbonyl (C=O) groups excluding carboxylic acids is 1. The molecule has 0 amide bonds. The van der Waals surface area contributed by atoms with Crippen LogP contribution in [0.2, 0.25) is 0 Å². The van der Waals surface area contributed by atoms with E-state index in [0.717, 1.165) is 12.8 Å². The highest BCUT2D eigenvalue weighted by Crippen LogP contribution is 2.27. The second-order valence-electron chi connectivity index (χ2n) is 5.36. The van der Waals surface area contributed by atoms with Crippen LogP contribution in [-0.4, -0.2) is 38.9 Å². The summed E-state index contributed by atoms with van der Waals surface area (Å²) in [7, 11) is -2.51. The summed E-state index contributed by atoms with van der Waals surface area (Å²) < 4.78 is 31.6. The number of benzene rings is 1. The summed E-state index contributed by atoms with van der Waals surface area (Å²) in [6.45, 7) is 2.96. The van der Waals surface area contributed by atoms with Gasteiger partial charge in [0, 0.05) is 18.8 Å². The molecule has 2 rings (SSSR count). The van der Waals surface area contributed by atoms with Gasteiger partial charge in [-0.15, -0.1) is 0 Å². The van der Waals surface area contributed by atoms with Gasteiger partial charge in [-0.1, -0.05) is 6.92 Å². The van der Waals surface area contributed by atoms with Crippen LogP contribution in [0.15, 0.2) is 23.1 Å². The molecule has 1 aliphatic heterocycles. The molecule has 21 heavy (non-hydrogen) atoms. The third-order valence-electron chi connectivity index (χ3n) is 3.65. The van der Waals surface area contributed by atoms with Gasteiger partial charge in [-0.25, -0.2) is 13.2 Å². The predicted molar refractivity (Wildman–Crippen MR) is 79.4 cm³/mol. The normalized spacial score (nSPS) is 20.2. The average molecular weight is 312 g/mol. The van der Waals surface area contributed by atoms with Crippen LogP contribution in [0.25, 0.3) is 0 Å². The van der Waals surface area contributed by atoms with Crippen molar-refractivity contribution in [3.63, 3.8) is 0 Å². The van der Waals surface area contributed by atoms with Crippen molar-refractivity contribution in [1.82, 2.24) is 4.31 Å². The Kier molecular flexibility index (Phi) is 4.53. The molecule has 0 radical (unpaired) electrons. The predicted octanol–water partition coefficient (Wildman–Crippen LogP) is 1.48. The highest BCUT2D eigenvalue weighted by molar-refractivity contribution is 7.89. The Morgan fingerprint density at radius 3 is 2.76 bits per heavy atom. The Morgan fingerprint density at radius 1 is 1.43 bits per heavy atom. The van der Waals surface area contributed by atoms with Gasteiger partial charge in [0.2, 0.25) is 10.0 Å². The molecule has 0 bridgehead atoms. The summed E-state index contributed by atoms with van der Waals surface area (Å²) >= 11 is 0. The molecule has 2 N–H and O–H groups in total. The number of piperidine rings is 1. The number of anilines is 1. The number of methoxy groups -OCH3 is 1. The minimum Gasteiger partial charge on any atom is -0.465 e. The first-order valence-corrected chi connectivity index (χ1v) is 8.28. The van der Waals surface area contributed by atoms with E-state index in [-0.39, 0.29) is 10.5 Å². The van der Waals surface area contributed by atoms with Gasteiger partial charge in [0.25, 0.3) is 0 Å². The molecule has 1 atom stereocenters. The zero-order valence-corrected chi connectivity index (χ0v) is 13.0. The number of nitrogens with zero attached hydrogens (tertiary/aromatic N) is 1. The van der Waals surface area contributed by atoms with Crippen LogP contribution in [0.1, 0.15) is 30.1 Å². The van der Waals surface area contributed by atoms with Gasteiger partial charge in [-0.3, -0.25) is 0 Å². The van der Waals surface area contributed by atoms with Gasteiger partial charge in [0.05, 0.1) is 17.6 Å². The number of rotatable bonds is 3. The summed E-state index contributed by atoms with van der Waals surface area (Å²) in [5, 5.41) is 0. The van der Waals surface area contributed by atoms with E-state index in [2.05, 4.69) is 4.74 Å². The van der Waals surface area contributed by atoms with Crippen molar-refractivity contribution in [2.75, 3.05) is 25.9 Å². The van der Waals surface area contributed by atoms with Gasteiger partial charge in [0.1, 0.15) is 0 Å². The number of carbonyl (C=O) groups is 1. The minimum atomic E-state index is -3.72. The maximum absolute atomic E-state index is 12.8. The lowest BCUT2D eigenvalue weighted by atomic mass is 10.0. The van der Waals surface area contributed by atoms with E-state index in [1.807, 2.05) is 6.92 Å². The molecule has 0 aliphatic carbocycles. The number of nitrogen functional groups attached to an aromatic ring is 1. The Hall–Kier alpha value is -1.60. The van der Waals surface area contributed by atoms with E-state index >= 15 is 0 Å². The molecular formula is C14H20N2O4S.